The molecule has 0 spiro atoms. The molecule has 118 valence electrons. The lowest BCUT2D eigenvalue weighted by molar-refractivity contribution is -0.123. The molecule has 20 heavy (non-hydrogen) atoms. The van der Waals surface area contributed by atoms with Crippen LogP contribution in [0.25, 0.3) is 0 Å². The van der Waals surface area contributed by atoms with Gasteiger partial charge in [-0.1, -0.05) is 41.5 Å². The first-order valence-electron chi connectivity index (χ1n) is 7.48. The number of hydrogen-bond acceptors (Lipinski definition) is 2. The molecule has 0 aliphatic heterocycles. The second-order valence-electron chi connectivity index (χ2n) is 6.59. The van der Waals surface area contributed by atoms with Gasteiger partial charge in [0.25, 0.3) is 0 Å². The average molecular weight is 285 g/mol. The quantitative estimate of drug-likeness (QED) is 0.638. The highest BCUT2D eigenvalue weighted by Gasteiger charge is 2.23. The first-order valence-corrected chi connectivity index (χ1v) is 7.48. The van der Waals surface area contributed by atoms with Gasteiger partial charge in [-0.3, -0.25) is 4.79 Å². The van der Waals surface area contributed by atoms with Crippen molar-refractivity contribution in [1.82, 2.24) is 10.6 Å². The summed E-state index contributed by atoms with van der Waals surface area (Å²) in [5.41, 5.74) is 5.13. The third kappa shape index (κ3) is 7.36. The largest absolute Gasteiger partial charge is 0.354 e. The molecule has 0 rings (SSSR count). The molecule has 0 aliphatic rings. The van der Waals surface area contributed by atoms with Gasteiger partial charge in [0, 0.05) is 6.54 Å². The standard InChI is InChI=1S/C15H31N3O2/c1-9(2)7-13(18-15(16)20)14(19)17-8-12(10(3)4)11(5)6/h9-13H,7-8H2,1-6H3,(H,17,19)(H3,16,18,20). The van der Waals surface area contributed by atoms with Crippen molar-refractivity contribution in [1.29, 1.82) is 0 Å². The van der Waals surface area contributed by atoms with E-state index < -0.39 is 12.1 Å². The molecule has 0 aromatic rings. The van der Waals surface area contributed by atoms with Crippen LogP contribution in [0.4, 0.5) is 4.79 Å². The van der Waals surface area contributed by atoms with Crippen LogP contribution in [-0.2, 0) is 4.79 Å². The van der Waals surface area contributed by atoms with Crippen LogP contribution < -0.4 is 16.4 Å². The van der Waals surface area contributed by atoms with Crippen molar-refractivity contribution >= 4 is 11.9 Å². The molecule has 0 saturated carbocycles. The fourth-order valence-electron chi connectivity index (χ4n) is 2.46. The Kier molecular flexibility index (Phi) is 8.26. The maximum absolute atomic E-state index is 12.2. The monoisotopic (exact) mass is 285 g/mol. The van der Waals surface area contributed by atoms with Crippen molar-refractivity contribution in [2.24, 2.45) is 29.4 Å². The normalized spacial score (nSPS) is 13.1. The van der Waals surface area contributed by atoms with Crippen molar-refractivity contribution < 1.29 is 9.59 Å². The Labute approximate surface area is 123 Å². The van der Waals surface area contributed by atoms with E-state index in [1.54, 1.807) is 0 Å². The van der Waals surface area contributed by atoms with Crippen LogP contribution in [0.3, 0.4) is 0 Å². The van der Waals surface area contributed by atoms with Gasteiger partial charge in [0.05, 0.1) is 0 Å². The highest BCUT2D eigenvalue weighted by molar-refractivity contribution is 5.86. The zero-order chi connectivity index (χ0) is 15.9. The van der Waals surface area contributed by atoms with Gasteiger partial charge in [-0.15, -0.1) is 0 Å². The molecular formula is C15H31N3O2. The summed E-state index contributed by atoms with van der Waals surface area (Å²) < 4.78 is 0. The number of amides is 3. The molecule has 0 fully saturated rings. The summed E-state index contributed by atoms with van der Waals surface area (Å²) in [5.74, 6) is 1.59. The third-order valence-corrected chi connectivity index (χ3v) is 3.56. The molecule has 5 heteroatoms. The first kappa shape index (κ1) is 18.7. The molecule has 0 aromatic heterocycles. The lowest BCUT2D eigenvalue weighted by Gasteiger charge is -2.26. The van der Waals surface area contributed by atoms with Crippen molar-refractivity contribution in [2.75, 3.05) is 6.54 Å². The van der Waals surface area contributed by atoms with E-state index in [-0.39, 0.29) is 5.91 Å². The third-order valence-electron chi connectivity index (χ3n) is 3.56. The van der Waals surface area contributed by atoms with E-state index in [1.165, 1.54) is 0 Å². The Morgan fingerprint density at radius 1 is 1.00 bits per heavy atom. The van der Waals surface area contributed by atoms with Gasteiger partial charge < -0.3 is 16.4 Å². The van der Waals surface area contributed by atoms with E-state index in [2.05, 4.69) is 38.3 Å². The van der Waals surface area contributed by atoms with Gasteiger partial charge in [0.1, 0.15) is 6.04 Å². The molecular weight excluding hydrogens is 254 g/mol. The van der Waals surface area contributed by atoms with Gasteiger partial charge >= 0.3 is 6.03 Å². The van der Waals surface area contributed by atoms with E-state index in [4.69, 9.17) is 5.73 Å². The molecule has 0 aliphatic carbocycles. The summed E-state index contributed by atoms with van der Waals surface area (Å²) in [4.78, 5) is 23.2. The second kappa shape index (κ2) is 8.82. The minimum atomic E-state index is -0.657. The van der Waals surface area contributed by atoms with E-state index in [9.17, 15) is 9.59 Å². The lowest BCUT2D eigenvalue weighted by Crippen LogP contribution is -2.50. The molecule has 0 heterocycles. The summed E-state index contributed by atoms with van der Waals surface area (Å²) in [7, 11) is 0. The number of hydrogen-bond donors (Lipinski definition) is 3. The Hall–Kier alpha value is -1.26. The minimum absolute atomic E-state index is 0.149. The van der Waals surface area contributed by atoms with E-state index in [1.807, 2.05) is 13.8 Å². The number of urea groups is 1. The predicted molar refractivity (Wildman–Crippen MR) is 82.1 cm³/mol. The zero-order valence-corrected chi connectivity index (χ0v) is 13.7. The molecule has 0 radical (unpaired) electrons. The maximum Gasteiger partial charge on any atom is 0.312 e. The molecule has 1 unspecified atom stereocenters. The minimum Gasteiger partial charge on any atom is -0.354 e. The topological polar surface area (TPSA) is 84.2 Å². The Balaban J connectivity index is 4.55. The number of primary amides is 1. The van der Waals surface area contributed by atoms with Crippen LogP contribution in [-0.4, -0.2) is 24.5 Å². The summed E-state index contributed by atoms with van der Waals surface area (Å²) >= 11 is 0. The van der Waals surface area contributed by atoms with Crippen molar-refractivity contribution in [2.45, 2.75) is 54.0 Å². The van der Waals surface area contributed by atoms with Crippen LogP contribution >= 0.6 is 0 Å². The van der Waals surface area contributed by atoms with Gasteiger partial charge in [0.15, 0.2) is 0 Å². The van der Waals surface area contributed by atoms with Crippen LogP contribution in [0.2, 0.25) is 0 Å². The SMILES string of the molecule is CC(C)CC(NC(N)=O)C(=O)NCC(C(C)C)C(C)C. The van der Waals surface area contributed by atoms with Crippen LogP contribution in [0.5, 0.6) is 0 Å². The summed E-state index contributed by atoms with van der Waals surface area (Å²) in [6, 6.07) is -1.21. The molecule has 1 atom stereocenters. The van der Waals surface area contributed by atoms with E-state index >= 15 is 0 Å². The Morgan fingerprint density at radius 3 is 1.85 bits per heavy atom. The Morgan fingerprint density at radius 2 is 1.50 bits per heavy atom. The predicted octanol–water partition coefficient (Wildman–Crippen LogP) is 2.11. The van der Waals surface area contributed by atoms with Gasteiger partial charge in [0.2, 0.25) is 5.91 Å². The zero-order valence-electron chi connectivity index (χ0n) is 13.7. The fourth-order valence-corrected chi connectivity index (χ4v) is 2.46. The van der Waals surface area contributed by atoms with Gasteiger partial charge in [-0.2, -0.15) is 0 Å². The van der Waals surface area contributed by atoms with Crippen molar-refractivity contribution in [3.05, 3.63) is 0 Å². The maximum atomic E-state index is 12.2. The van der Waals surface area contributed by atoms with Crippen LogP contribution in [0.1, 0.15) is 48.0 Å². The summed E-state index contributed by atoms with van der Waals surface area (Å²) in [5, 5.41) is 5.47. The summed E-state index contributed by atoms with van der Waals surface area (Å²) in [6.07, 6.45) is 0.586. The molecule has 0 bridgehead atoms. The van der Waals surface area contributed by atoms with E-state index in [0.717, 1.165) is 0 Å². The highest BCUT2D eigenvalue weighted by Crippen LogP contribution is 2.19. The van der Waals surface area contributed by atoms with Crippen molar-refractivity contribution in [3.63, 3.8) is 0 Å². The summed E-state index contributed by atoms with van der Waals surface area (Å²) in [6.45, 7) is 13.3. The number of carbonyl (C=O) groups is 2. The van der Waals surface area contributed by atoms with Gasteiger partial charge in [-0.05, 0) is 30.1 Å². The van der Waals surface area contributed by atoms with Crippen molar-refractivity contribution in [3.8, 4) is 0 Å². The Bertz CT molecular complexity index is 306. The number of rotatable bonds is 8. The molecule has 3 amide bonds. The smallest absolute Gasteiger partial charge is 0.312 e. The number of nitrogens with one attached hydrogen (secondary N) is 2. The molecule has 0 aromatic carbocycles. The van der Waals surface area contributed by atoms with Crippen LogP contribution in [0, 0.1) is 23.7 Å². The number of nitrogens with two attached hydrogens (primary N) is 1. The fraction of sp³-hybridized carbons (Fsp3) is 0.867. The molecule has 5 nitrogen and oxygen atoms in total. The highest BCUT2D eigenvalue weighted by atomic mass is 16.2. The number of carbonyl (C=O) groups excluding carboxylic acids is 2. The van der Waals surface area contributed by atoms with Gasteiger partial charge in [-0.25, -0.2) is 4.79 Å². The average Bonchev–Trinajstić information content (AvgIpc) is 2.25. The van der Waals surface area contributed by atoms with Crippen LogP contribution in [0.15, 0.2) is 0 Å². The first-order chi connectivity index (χ1) is 9.15. The van der Waals surface area contributed by atoms with E-state index in [0.29, 0.717) is 36.6 Å². The lowest BCUT2D eigenvalue weighted by atomic mass is 9.85. The molecule has 0 saturated heterocycles. The molecule has 4 N–H and O–H groups in total. The second-order valence-corrected chi connectivity index (χ2v) is 6.59.